The van der Waals surface area contributed by atoms with E-state index < -0.39 is 0 Å². The van der Waals surface area contributed by atoms with Crippen LogP contribution in [0.4, 0.5) is 0 Å². The highest BCUT2D eigenvalue weighted by Gasteiger charge is 1.87. The normalized spacial score (nSPS) is 12.3. The van der Waals surface area contributed by atoms with Gasteiger partial charge in [-0.2, -0.15) is 0 Å². The first kappa shape index (κ1) is 8.74. The smallest absolute Gasteiger partial charge is 0.162 e. The maximum atomic E-state index is 4.98. The topological polar surface area (TPSA) is 34.5 Å². The highest BCUT2D eigenvalue weighted by Crippen LogP contribution is 1.81. The molecular weight excluding hydrogens is 176 g/mol. The van der Waals surface area contributed by atoms with Crippen LogP contribution < -0.4 is 10.7 Å². The third-order valence-corrected chi connectivity index (χ3v) is 1.35. The molecule has 1 aromatic heterocycles. The molecule has 62 valence electrons. The first-order valence-corrected chi connectivity index (χ1v) is 3.26. The van der Waals surface area contributed by atoms with Gasteiger partial charge in [-0.05, 0) is 12.1 Å². The maximum Gasteiger partial charge on any atom is 0.162 e. The van der Waals surface area contributed by atoms with E-state index in [4.69, 9.17) is 4.74 Å². The van der Waals surface area contributed by atoms with E-state index in [0.29, 0.717) is 5.49 Å². The molecule has 0 saturated carbocycles. The van der Waals surface area contributed by atoms with Crippen molar-refractivity contribution in [3.63, 3.8) is 0 Å². The minimum Gasteiger partial charge on any atom is -0.470 e. The lowest BCUT2D eigenvalue weighted by atomic mass is 10.4. The second-order valence-electron chi connectivity index (χ2n) is 2.08. The molecule has 4 heteroatoms. The van der Waals surface area contributed by atoms with Gasteiger partial charge in [0.15, 0.2) is 5.49 Å². The molecule has 1 aromatic rings. The molecule has 12 heavy (non-hydrogen) atoms. The molecule has 0 aromatic carbocycles. The fraction of sp³-hybridized carbons (Fsp3) is 0. The molecule has 2 rings (SSSR count). The van der Waals surface area contributed by atoms with E-state index in [2.05, 4.69) is 9.98 Å². The van der Waals surface area contributed by atoms with Crippen LogP contribution in [0.5, 0.6) is 0 Å². The van der Waals surface area contributed by atoms with E-state index in [-0.39, 0.29) is 12.4 Å². The Kier molecular flexibility index (Phi) is 2.82. The van der Waals surface area contributed by atoms with Gasteiger partial charge >= 0.3 is 0 Å². The van der Waals surface area contributed by atoms with E-state index in [1.807, 2.05) is 12.1 Å². The van der Waals surface area contributed by atoms with Gasteiger partial charge in [0, 0.05) is 6.20 Å². The maximum absolute atomic E-state index is 4.98. The van der Waals surface area contributed by atoms with E-state index in [1.165, 1.54) is 6.26 Å². The Morgan fingerprint density at radius 2 is 2.25 bits per heavy atom. The summed E-state index contributed by atoms with van der Waals surface area (Å²) in [5.74, 6) is 0. The van der Waals surface area contributed by atoms with Crippen LogP contribution in [0.3, 0.4) is 0 Å². The van der Waals surface area contributed by atoms with Crippen LogP contribution in [-0.2, 0) is 4.74 Å². The van der Waals surface area contributed by atoms with Crippen molar-refractivity contribution in [1.29, 1.82) is 0 Å². The molecular formula is C8H7ClN2O. The fourth-order valence-corrected chi connectivity index (χ4v) is 0.858. The largest absolute Gasteiger partial charge is 0.470 e. The average molecular weight is 183 g/mol. The number of hydrogen-bond acceptors (Lipinski definition) is 3. The Morgan fingerprint density at radius 1 is 1.33 bits per heavy atom. The van der Waals surface area contributed by atoms with E-state index >= 15 is 0 Å². The van der Waals surface area contributed by atoms with Gasteiger partial charge in [-0.15, -0.1) is 12.4 Å². The number of ether oxygens (including phenoxy) is 1. The van der Waals surface area contributed by atoms with Crippen molar-refractivity contribution < 1.29 is 4.74 Å². The Balaban J connectivity index is 0.000000720. The molecule has 0 N–H and O–H groups in total. The molecule has 3 nitrogen and oxygen atoms in total. The van der Waals surface area contributed by atoms with Crippen molar-refractivity contribution in [1.82, 2.24) is 4.98 Å². The highest BCUT2D eigenvalue weighted by atomic mass is 35.5. The SMILES string of the molecule is C1=COC=c2cccnc2=N1.Cl. The van der Waals surface area contributed by atoms with Gasteiger partial charge in [-0.3, -0.25) is 0 Å². The predicted molar refractivity (Wildman–Crippen MR) is 47.0 cm³/mol. The fourth-order valence-electron chi connectivity index (χ4n) is 0.858. The number of nitrogens with zero attached hydrogens (tertiary/aromatic N) is 2. The van der Waals surface area contributed by atoms with Crippen molar-refractivity contribution in [2.45, 2.75) is 0 Å². The Labute approximate surface area is 75.5 Å². The third kappa shape index (κ3) is 1.62. The zero-order valence-corrected chi connectivity index (χ0v) is 6.99. The molecule has 0 unspecified atom stereocenters. The van der Waals surface area contributed by atoms with Crippen LogP contribution in [0.1, 0.15) is 0 Å². The molecule has 0 radical (unpaired) electrons. The highest BCUT2D eigenvalue weighted by molar-refractivity contribution is 5.85. The van der Waals surface area contributed by atoms with Gasteiger partial charge < -0.3 is 4.74 Å². The Bertz CT molecular complexity index is 400. The molecule has 0 bridgehead atoms. The van der Waals surface area contributed by atoms with Crippen LogP contribution in [0.2, 0.25) is 0 Å². The molecule has 0 aliphatic carbocycles. The quantitative estimate of drug-likeness (QED) is 0.581. The van der Waals surface area contributed by atoms with Gasteiger partial charge in [-0.25, -0.2) is 9.98 Å². The molecule has 1 aliphatic rings. The summed E-state index contributed by atoms with van der Waals surface area (Å²) in [6.07, 6.45) is 6.42. The first-order chi connectivity index (χ1) is 5.47. The standard InChI is InChI=1S/C8H6N2O.ClH/c1-2-7-6-11-5-4-10-8(7)9-3-1;/h1-6H;1H. The molecule has 0 amide bonds. The van der Waals surface area contributed by atoms with Crippen molar-refractivity contribution in [2.24, 2.45) is 4.99 Å². The van der Waals surface area contributed by atoms with E-state index in [1.54, 1.807) is 18.7 Å². The molecule has 0 atom stereocenters. The number of fused-ring (bicyclic) bond motifs is 1. The van der Waals surface area contributed by atoms with Gasteiger partial charge in [0.05, 0.1) is 11.4 Å². The average Bonchev–Trinajstić information content (AvgIpc) is 2.28. The zero-order chi connectivity index (χ0) is 7.52. The monoisotopic (exact) mass is 182 g/mol. The van der Waals surface area contributed by atoms with Crippen LogP contribution in [0.25, 0.3) is 6.26 Å². The molecule has 0 saturated heterocycles. The number of hydrogen-bond donors (Lipinski definition) is 0. The summed E-state index contributed by atoms with van der Waals surface area (Å²) in [5, 5.41) is 0.900. The molecule has 0 spiro atoms. The molecule has 1 aliphatic heterocycles. The van der Waals surface area contributed by atoms with Crippen LogP contribution in [-0.4, -0.2) is 4.98 Å². The predicted octanol–water partition coefficient (Wildman–Crippen LogP) is 0.362. The van der Waals surface area contributed by atoms with Crippen LogP contribution in [0.15, 0.2) is 35.8 Å². The first-order valence-electron chi connectivity index (χ1n) is 3.26. The lowest BCUT2D eigenvalue weighted by molar-refractivity contribution is 0.460. The lowest BCUT2D eigenvalue weighted by Crippen LogP contribution is -2.26. The van der Waals surface area contributed by atoms with Crippen LogP contribution >= 0.6 is 12.4 Å². The molecule has 0 fully saturated rings. The minimum absolute atomic E-state index is 0. The Morgan fingerprint density at radius 3 is 3.17 bits per heavy atom. The summed E-state index contributed by atoms with van der Waals surface area (Å²) in [5.41, 5.74) is 0.696. The second-order valence-corrected chi connectivity index (χ2v) is 2.08. The number of halogens is 1. The number of pyridine rings is 1. The van der Waals surface area contributed by atoms with Crippen molar-refractivity contribution >= 4 is 18.7 Å². The van der Waals surface area contributed by atoms with E-state index in [9.17, 15) is 0 Å². The van der Waals surface area contributed by atoms with E-state index in [0.717, 1.165) is 5.22 Å². The van der Waals surface area contributed by atoms with Crippen molar-refractivity contribution in [2.75, 3.05) is 0 Å². The van der Waals surface area contributed by atoms with Crippen molar-refractivity contribution in [3.8, 4) is 0 Å². The third-order valence-electron chi connectivity index (χ3n) is 1.35. The summed E-state index contributed by atoms with van der Waals surface area (Å²) >= 11 is 0. The number of rotatable bonds is 0. The molecule has 2 heterocycles. The Hall–Kier alpha value is -1.35. The van der Waals surface area contributed by atoms with Gasteiger partial charge in [0.1, 0.15) is 12.5 Å². The lowest BCUT2D eigenvalue weighted by Gasteiger charge is -1.84. The second kappa shape index (κ2) is 3.88. The minimum atomic E-state index is 0. The number of aromatic nitrogens is 1. The van der Waals surface area contributed by atoms with Gasteiger partial charge in [0.2, 0.25) is 0 Å². The summed E-state index contributed by atoms with van der Waals surface area (Å²) < 4.78 is 4.98. The van der Waals surface area contributed by atoms with Crippen molar-refractivity contribution in [3.05, 3.63) is 41.5 Å². The summed E-state index contributed by atoms with van der Waals surface area (Å²) in [4.78, 5) is 8.09. The zero-order valence-electron chi connectivity index (χ0n) is 6.18. The van der Waals surface area contributed by atoms with Crippen LogP contribution in [0, 0.1) is 0 Å². The van der Waals surface area contributed by atoms with Gasteiger partial charge in [0.25, 0.3) is 0 Å². The summed E-state index contributed by atoms with van der Waals surface area (Å²) in [7, 11) is 0. The van der Waals surface area contributed by atoms with Gasteiger partial charge in [-0.1, -0.05) is 0 Å². The summed E-state index contributed by atoms with van der Waals surface area (Å²) in [6.45, 7) is 0. The summed E-state index contributed by atoms with van der Waals surface area (Å²) in [6, 6.07) is 3.75.